The summed E-state index contributed by atoms with van der Waals surface area (Å²) in [5, 5.41) is 10.1. The Bertz CT molecular complexity index is 310. The summed E-state index contributed by atoms with van der Waals surface area (Å²) in [7, 11) is 1.75. The number of carbonyl (C=O) groups excluding carboxylic acids is 1. The number of aryl methyl sites for hydroxylation is 1. The van der Waals surface area contributed by atoms with E-state index in [1.165, 1.54) is 4.68 Å². The molecule has 13 heavy (non-hydrogen) atoms. The molecular formula is C8H14N4O. The van der Waals surface area contributed by atoms with Gasteiger partial charge in [0.15, 0.2) is 5.82 Å². The summed E-state index contributed by atoms with van der Waals surface area (Å²) >= 11 is 0. The molecule has 0 aromatic carbocycles. The van der Waals surface area contributed by atoms with Crippen molar-refractivity contribution in [2.45, 2.75) is 20.8 Å². The van der Waals surface area contributed by atoms with Crippen LogP contribution in [0.3, 0.4) is 0 Å². The average Bonchev–Trinajstić information content (AvgIpc) is 2.33. The van der Waals surface area contributed by atoms with Gasteiger partial charge in [-0.1, -0.05) is 26.0 Å². The van der Waals surface area contributed by atoms with Crippen LogP contribution in [-0.2, 0) is 11.8 Å². The number of carbonyl (C=O) groups is 1. The van der Waals surface area contributed by atoms with E-state index in [4.69, 9.17) is 0 Å². The van der Waals surface area contributed by atoms with Crippen molar-refractivity contribution in [3.05, 3.63) is 6.20 Å². The summed E-state index contributed by atoms with van der Waals surface area (Å²) in [4.78, 5) is 11.5. The van der Waals surface area contributed by atoms with E-state index in [1.807, 2.05) is 20.8 Å². The molecule has 0 saturated carbocycles. The van der Waals surface area contributed by atoms with E-state index in [0.717, 1.165) is 0 Å². The molecule has 1 heterocycles. The zero-order chi connectivity index (χ0) is 10.1. The number of anilines is 1. The topological polar surface area (TPSA) is 59.8 Å². The third-order valence-corrected chi connectivity index (χ3v) is 1.53. The molecule has 1 N–H and O–H groups in total. The molecular weight excluding hydrogens is 168 g/mol. The Morgan fingerprint density at radius 3 is 2.54 bits per heavy atom. The van der Waals surface area contributed by atoms with E-state index in [2.05, 4.69) is 15.6 Å². The predicted octanol–water partition coefficient (Wildman–Crippen LogP) is 0.800. The highest BCUT2D eigenvalue weighted by atomic mass is 16.2. The lowest BCUT2D eigenvalue weighted by atomic mass is 9.96. The van der Waals surface area contributed by atoms with Crippen molar-refractivity contribution in [1.82, 2.24) is 15.0 Å². The minimum atomic E-state index is -0.405. The van der Waals surface area contributed by atoms with Gasteiger partial charge in [-0.2, -0.15) is 0 Å². The maximum atomic E-state index is 11.5. The Labute approximate surface area is 77.1 Å². The molecule has 5 nitrogen and oxygen atoms in total. The second-order valence-electron chi connectivity index (χ2n) is 3.98. The Hall–Kier alpha value is -1.39. The SMILES string of the molecule is Cn1cc(NC(=O)C(C)(C)C)nn1. The van der Waals surface area contributed by atoms with Gasteiger partial charge in [-0.25, -0.2) is 0 Å². The Morgan fingerprint density at radius 2 is 2.15 bits per heavy atom. The van der Waals surface area contributed by atoms with Crippen LogP contribution in [0.15, 0.2) is 6.20 Å². The summed E-state index contributed by atoms with van der Waals surface area (Å²) in [5.41, 5.74) is -0.405. The van der Waals surface area contributed by atoms with E-state index in [-0.39, 0.29) is 5.91 Å². The van der Waals surface area contributed by atoms with Crippen LogP contribution in [0.4, 0.5) is 5.82 Å². The van der Waals surface area contributed by atoms with Gasteiger partial charge in [0.05, 0.1) is 6.20 Å². The van der Waals surface area contributed by atoms with Gasteiger partial charge in [0, 0.05) is 12.5 Å². The highest BCUT2D eigenvalue weighted by Gasteiger charge is 2.21. The number of hydrogen-bond donors (Lipinski definition) is 1. The molecule has 0 unspecified atom stereocenters. The minimum absolute atomic E-state index is 0.0620. The van der Waals surface area contributed by atoms with Gasteiger partial charge in [-0.05, 0) is 0 Å². The summed E-state index contributed by atoms with van der Waals surface area (Å²) in [6.45, 7) is 5.54. The van der Waals surface area contributed by atoms with Crippen molar-refractivity contribution in [1.29, 1.82) is 0 Å². The third-order valence-electron chi connectivity index (χ3n) is 1.53. The first-order valence-electron chi connectivity index (χ1n) is 4.07. The largest absolute Gasteiger partial charge is 0.307 e. The van der Waals surface area contributed by atoms with E-state index in [0.29, 0.717) is 5.82 Å². The third kappa shape index (κ3) is 2.54. The Kier molecular flexibility index (Phi) is 2.36. The van der Waals surface area contributed by atoms with E-state index in [9.17, 15) is 4.79 Å². The summed E-state index contributed by atoms with van der Waals surface area (Å²) in [6.07, 6.45) is 1.66. The van der Waals surface area contributed by atoms with Gasteiger partial charge < -0.3 is 5.32 Å². The molecule has 5 heteroatoms. The molecule has 0 aliphatic carbocycles. The predicted molar refractivity (Wildman–Crippen MR) is 49.1 cm³/mol. The van der Waals surface area contributed by atoms with Crippen molar-refractivity contribution < 1.29 is 4.79 Å². The first-order chi connectivity index (χ1) is 5.89. The van der Waals surface area contributed by atoms with E-state index >= 15 is 0 Å². The van der Waals surface area contributed by atoms with Crippen LogP contribution in [0.5, 0.6) is 0 Å². The fourth-order valence-corrected chi connectivity index (χ4v) is 0.708. The first-order valence-corrected chi connectivity index (χ1v) is 4.07. The molecule has 0 aliphatic heterocycles. The van der Waals surface area contributed by atoms with Crippen LogP contribution in [0, 0.1) is 5.41 Å². The lowest BCUT2D eigenvalue weighted by Gasteiger charge is -2.15. The highest BCUT2D eigenvalue weighted by molar-refractivity contribution is 5.93. The normalized spacial score (nSPS) is 11.4. The molecule has 0 fully saturated rings. The van der Waals surface area contributed by atoms with Crippen molar-refractivity contribution in [2.24, 2.45) is 12.5 Å². The molecule has 0 saturated heterocycles. The van der Waals surface area contributed by atoms with Crippen LogP contribution in [-0.4, -0.2) is 20.9 Å². The molecule has 1 amide bonds. The smallest absolute Gasteiger partial charge is 0.230 e. The summed E-state index contributed by atoms with van der Waals surface area (Å²) < 4.78 is 1.54. The lowest BCUT2D eigenvalue weighted by molar-refractivity contribution is -0.123. The Morgan fingerprint density at radius 1 is 1.54 bits per heavy atom. The Balaban J connectivity index is 2.65. The van der Waals surface area contributed by atoms with Gasteiger partial charge in [-0.15, -0.1) is 5.10 Å². The van der Waals surface area contributed by atoms with Gasteiger partial charge >= 0.3 is 0 Å². The van der Waals surface area contributed by atoms with Crippen LogP contribution in [0.2, 0.25) is 0 Å². The summed E-state index contributed by atoms with van der Waals surface area (Å²) in [6, 6.07) is 0. The number of amides is 1. The van der Waals surface area contributed by atoms with Crippen LogP contribution in [0.1, 0.15) is 20.8 Å². The van der Waals surface area contributed by atoms with Crippen LogP contribution >= 0.6 is 0 Å². The maximum absolute atomic E-state index is 11.5. The maximum Gasteiger partial charge on any atom is 0.230 e. The van der Waals surface area contributed by atoms with Gasteiger partial charge in [-0.3, -0.25) is 9.48 Å². The molecule has 0 spiro atoms. The van der Waals surface area contributed by atoms with Crippen molar-refractivity contribution in [3.63, 3.8) is 0 Å². The lowest BCUT2D eigenvalue weighted by Crippen LogP contribution is -2.27. The fourth-order valence-electron chi connectivity index (χ4n) is 0.708. The molecule has 0 radical (unpaired) electrons. The monoisotopic (exact) mass is 182 g/mol. The second-order valence-corrected chi connectivity index (χ2v) is 3.98. The average molecular weight is 182 g/mol. The van der Waals surface area contributed by atoms with Gasteiger partial charge in [0.1, 0.15) is 0 Å². The van der Waals surface area contributed by atoms with E-state index in [1.54, 1.807) is 13.2 Å². The molecule has 1 rings (SSSR count). The quantitative estimate of drug-likeness (QED) is 0.698. The van der Waals surface area contributed by atoms with E-state index < -0.39 is 5.41 Å². The van der Waals surface area contributed by atoms with Crippen LogP contribution in [0.25, 0.3) is 0 Å². The fraction of sp³-hybridized carbons (Fsp3) is 0.625. The number of rotatable bonds is 1. The molecule has 0 bridgehead atoms. The molecule has 1 aromatic heterocycles. The van der Waals surface area contributed by atoms with Gasteiger partial charge in [0.25, 0.3) is 0 Å². The number of hydrogen-bond acceptors (Lipinski definition) is 3. The van der Waals surface area contributed by atoms with Gasteiger partial charge in [0.2, 0.25) is 5.91 Å². The minimum Gasteiger partial charge on any atom is -0.307 e. The van der Waals surface area contributed by atoms with Crippen molar-refractivity contribution in [3.8, 4) is 0 Å². The standard InChI is InChI=1S/C8H14N4O/c1-8(2,3)7(13)9-6-5-12(4)11-10-6/h5H,1-4H3,(H,9,13). The van der Waals surface area contributed by atoms with Crippen molar-refractivity contribution in [2.75, 3.05) is 5.32 Å². The molecule has 72 valence electrons. The first kappa shape index (κ1) is 9.70. The van der Waals surface area contributed by atoms with Crippen molar-refractivity contribution >= 4 is 11.7 Å². The zero-order valence-electron chi connectivity index (χ0n) is 8.33. The second kappa shape index (κ2) is 3.16. The highest BCUT2D eigenvalue weighted by Crippen LogP contribution is 2.15. The number of aromatic nitrogens is 3. The molecule has 0 aliphatic rings. The number of nitrogens with zero attached hydrogens (tertiary/aromatic N) is 3. The zero-order valence-corrected chi connectivity index (χ0v) is 8.33. The number of nitrogens with one attached hydrogen (secondary N) is 1. The molecule has 0 atom stereocenters. The molecule has 1 aromatic rings. The summed E-state index contributed by atoms with van der Waals surface area (Å²) in [5.74, 6) is 0.426. The van der Waals surface area contributed by atoms with Crippen LogP contribution < -0.4 is 5.32 Å².